The lowest BCUT2D eigenvalue weighted by molar-refractivity contribution is -0.127. The maximum atomic E-state index is 12.9. The molecule has 1 atom stereocenters. The molecule has 1 N–H and O–H groups in total. The van der Waals surface area contributed by atoms with Gasteiger partial charge in [0.2, 0.25) is 5.91 Å². The first kappa shape index (κ1) is 18.0. The van der Waals surface area contributed by atoms with E-state index in [0.29, 0.717) is 19.4 Å². The van der Waals surface area contributed by atoms with Crippen molar-refractivity contribution in [1.82, 2.24) is 5.32 Å². The second-order valence-corrected chi connectivity index (χ2v) is 9.47. The predicted molar refractivity (Wildman–Crippen MR) is 107 cm³/mol. The molecule has 0 spiro atoms. The zero-order valence-electron chi connectivity index (χ0n) is 16.7. The van der Waals surface area contributed by atoms with Crippen LogP contribution in [-0.4, -0.2) is 30.0 Å². The quantitative estimate of drug-likeness (QED) is 0.845. The van der Waals surface area contributed by atoms with Crippen molar-refractivity contribution in [2.24, 2.45) is 17.8 Å². The van der Waals surface area contributed by atoms with Crippen LogP contribution in [-0.2, 0) is 9.59 Å². The highest BCUT2D eigenvalue weighted by atomic mass is 16.5. The number of anilines is 1. The highest BCUT2D eigenvalue weighted by molar-refractivity contribution is 6.00. The van der Waals surface area contributed by atoms with Gasteiger partial charge in [0, 0.05) is 18.5 Å². The molecule has 1 unspecified atom stereocenters. The van der Waals surface area contributed by atoms with Gasteiger partial charge in [-0.2, -0.15) is 0 Å². The van der Waals surface area contributed by atoms with Gasteiger partial charge in [0.05, 0.1) is 5.69 Å². The Kier molecular flexibility index (Phi) is 4.37. The zero-order chi connectivity index (χ0) is 19.3. The van der Waals surface area contributed by atoms with Gasteiger partial charge in [-0.3, -0.25) is 9.59 Å². The number of fused-ring (bicyclic) bond motifs is 1. The molecule has 0 aromatic heterocycles. The first-order valence-electron chi connectivity index (χ1n) is 10.9. The summed E-state index contributed by atoms with van der Waals surface area (Å²) in [6.07, 6.45) is 8.08. The van der Waals surface area contributed by atoms with Crippen molar-refractivity contribution in [3.63, 3.8) is 0 Å². The molecule has 1 aromatic carbocycles. The van der Waals surface area contributed by atoms with Crippen LogP contribution in [0.15, 0.2) is 24.3 Å². The van der Waals surface area contributed by atoms with Crippen molar-refractivity contribution in [1.29, 1.82) is 0 Å². The summed E-state index contributed by atoms with van der Waals surface area (Å²) in [4.78, 5) is 27.4. The summed E-state index contributed by atoms with van der Waals surface area (Å²) < 4.78 is 5.83. The third-order valence-corrected chi connectivity index (χ3v) is 7.34. The van der Waals surface area contributed by atoms with Crippen molar-refractivity contribution in [2.45, 2.75) is 69.9 Å². The average Bonchev–Trinajstić information content (AvgIpc) is 2.65. The number of hydrogen-bond donors (Lipinski definition) is 1. The average molecular weight is 383 g/mol. The van der Waals surface area contributed by atoms with Crippen LogP contribution in [0.1, 0.15) is 58.3 Å². The smallest absolute Gasteiger partial charge is 0.268 e. The minimum absolute atomic E-state index is 0.0325. The van der Waals surface area contributed by atoms with Crippen LogP contribution in [0.4, 0.5) is 5.69 Å². The molecule has 0 saturated heterocycles. The van der Waals surface area contributed by atoms with E-state index in [4.69, 9.17) is 4.74 Å². The fraction of sp³-hybridized carbons (Fsp3) is 0.652. The van der Waals surface area contributed by atoms with Crippen molar-refractivity contribution < 1.29 is 14.3 Å². The molecule has 5 nitrogen and oxygen atoms in total. The van der Waals surface area contributed by atoms with Crippen LogP contribution in [0.3, 0.4) is 0 Å². The van der Waals surface area contributed by atoms with Crippen molar-refractivity contribution in [3.8, 4) is 5.75 Å². The SMILES string of the molecule is CCC1Oc2ccccc2N(CCC(=O)NC23CC4CC(CC(C4)C2)C3)C1=O. The third-order valence-electron chi connectivity index (χ3n) is 7.34. The number of nitrogens with zero attached hydrogens (tertiary/aromatic N) is 1. The fourth-order valence-corrected chi connectivity index (χ4v) is 6.60. The number of carbonyl (C=O) groups is 2. The Morgan fingerprint density at radius 1 is 1.14 bits per heavy atom. The zero-order valence-corrected chi connectivity index (χ0v) is 16.7. The monoisotopic (exact) mass is 382 g/mol. The summed E-state index contributed by atoms with van der Waals surface area (Å²) in [7, 11) is 0. The van der Waals surface area contributed by atoms with E-state index < -0.39 is 6.10 Å². The number of para-hydroxylation sites is 2. The second kappa shape index (κ2) is 6.78. The number of rotatable bonds is 5. The Hall–Kier alpha value is -2.04. The molecule has 1 aliphatic heterocycles. The number of nitrogens with one attached hydrogen (secondary N) is 1. The van der Waals surface area contributed by atoms with Gasteiger partial charge in [-0.1, -0.05) is 19.1 Å². The lowest BCUT2D eigenvalue weighted by Gasteiger charge is -2.57. The molecule has 4 aliphatic carbocycles. The topological polar surface area (TPSA) is 58.6 Å². The Labute approximate surface area is 166 Å². The van der Waals surface area contributed by atoms with E-state index in [-0.39, 0.29) is 17.4 Å². The van der Waals surface area contributed by atoms with Gasteiger partial charge in [-0.25, -0.2) is 0 Å². The van der Waals surface area contributed by atoms with E-state index >= 15 is 0 Å². The molecule has 6 rings (SSSR count). The molecule has 4 fully saturated rings. The fourth-order valence-electron chi connectivity index (χ4n) is 6.60. The van der Waals surface area contributed by atoms with E-state index in [1.165, 1.54) is 19.3 Å². The molecule has 2 amide bonds. The maximum absolute atomic E-state index is 12.9. The summed E-state index contributed by atoms with van der Waals surface area (Å²) in [6, 6.07) is 7.62. The Bertz CT molecular complexity index is 755. The number of hydrogen-bond acceptors (Lipinski definition) is 3. The van der Waals surface area contributed by atoms with Crippen LogP contribution in [0.5, 0.6) is 5.75 Å². The summed E-state index contributed by atoms with van der Waals surface area (Å²) in [6.45, 7) is 2.36. The minimum atomic E-state index is -0.457. The van der Waals surface area contributed by atoms with Gasteiger partial charge in [-0.05, 0) is 74.8 Å². The lowest BCUT2D eigenvalue weighted by atomic mass is 9.53. The lowest BCUT2D eigenvalue weighted by Crippen LogP contribution is -2.60. The molecule has 4 bridgehead atoms. The summed E-state index contributed by atoms with van der Waals surface area (Å²) >= 11 is 0. The molecule has 0 radical (unpaired) electrons. The Morgan fingerprint density at radius 2 is 1.79 bits per heavy atom. The molecule has 5 aliphatic rings. The standard InChI is InChI=1S/C23H30N2O3/c1-2-19-22(27)25(18-5-3-4-6-20(18)28-19)8-7-21(26)24-23-12-15-9-16(13-23)11-17(10-15)14-23/h3-6,15-17,19H,2,7-14H2,1H3,(H,24,26). The van der Waals surface area contributed by atoms with Gasteiger partial charge < -0.3 is 15.0 Å². The van der Waals surface area contributed by atoms with Crippen LogP contribution >= 0.6 is 0 Å². The van der Waals surface area contributed by atoms with Gasteiger partial charge >= 0.3 is 0 Å². The molecular weight excluding hydrogens is 352 g/mol. The van der Waals surface area contributed by atoms with E-state index in [0.717, 1.165) is 48.5 Å². The summed E-state index contributed by atoms with van der Waals surface area (Å²) in [5, 5.41) is 3.42. The first-order chi connectivity index (χ1) is 13.5. The van der Waals surface area contributed by atoms with E-state index in [2.05, 4.69) is 5.32 Å². The molecule has 4 saturated carbocycles. The molecular formula is C23H30N2O3. The van der Waals surface area contributed by atoms with Gasteiger partial charge in [0.1, 0.15) is 5.75 Å². The minimum Gasteiger partial charge on any atom is -0.478 e. The van der Waals surface area contributed by atoms with Crippen LogP contribution in [0.25, 0.3) is 0 Å². The number of ether oxygens (including phenoxy) is 1. The first-order valence-corrected chi connectivity index (χ1v) is 10.9. The Balaban J connectivity index is 1.26. The highest BCUT2D eigenvalue weighted by Crippen LogP contribution is 2.55. The second-order valence-electron chi connectivity index (χ2n) is 9.47. The molecule has 150 valence electrons. The predicted octanol–water partition coefficient (Wildman–Crippen LogP) is 3.67. The third kappa shape index (κ3) is 3.09. The summed E-state index contributed by atoms with van der Waals surface area (Å²) in [5.74, 6) is 3.21. The molecule has 1 aromatic rings. The normalized spacial score (nSPS) is 35.5. The molecule has 28 heavy (non-hydrogen) atoms. The number of benzene rings is 1. The van der Waals surface area contributed by atoms with E-state index in [1.807, 2.05) is 31.2 Å². The molecule has 1 heterocycles. The van der Waals surface area contributed by atoms with Crippen molar-refractivity contribution >= 4 is 17.5 Å². The van der Waals surface area contributed by atoms with Crippen molar-refractivity contribution in [2.75, 3.05) is 11.4 Å². The Morgan fingerprint density at radius 3 is 2.43 bits per heavy atom. The number of carbonyl (C=O) groups excluding carboxylic acids is 2. The molecule has 5 heteroatoms. The van der Waals surface area contributed by atoms with Crippen molar-refractivity contribution in [3.05, 3.63) is 24.3 Å². The largest absolute Gasteiger partial charge is 0.478 e. The van der Waals surface area contributed by atoms with Gasteiger partial charge in [-0.15, -0.1) is 0 Å². The van der Waals surface area contributed by atoms with Crippen LogP contribution in [0, 0.1) is 17.8 Å². The van der Waals surface area contributed by atoms with Crippen LogP contribution in [0.2, 0.25) is 0 Å². The summed E-state index contributed by atoms with van der Waals surface area (Å²) in [5.41, 5.74) is 0.810. The van der Waals surface area contributed by atoms with Gasteiger partial charge in [0.15, 0.2) is 6.10 Å². The van der Waals surface area contributed by atoms with E-state index in [9.17, 15) is 9.59 Å². The highest BCUT2D eigenvalue weighted by Gasteiger charge is 2.51. The van der Waals surface area contributed by atoms with Crippen LogP contribution < -0.4 is 15.0 Å². The maximum Gasteiger partial charge on any atom is 0.268 e. The van der Waals surface area contributed by atoms with Gasteiger partial charge in [0.25, 0.3) is 5.91 Å². The number of amides is 2. The van der Waals surface area contributed by atoms with E-state index in [1.54, 1.807) is 4.90 Å².